The molecule has 0 radical (unpaired) electrons. The maximum atomic E-state index is 10.7. The molecular weight excluding hydrogens is 262 g/mol. The van der Waals surface area contributed by atoms with Crippen LogP contribution in [0.1, 0.15) is 37.4 Å². The summed E-state index contributed by atoms with van der Waals surface area (Å²) < 4.78 is 13.2. The molecule has 2 fully saturated rings. The Labute approximate surface area is 116 Å². The largest absolute Gasteiger partial charge is 0.481 e. The lowest BCUT2D eigenvalue weighted by molar-refractivity contribution is -0.145. The number of aromatic nitrogens is 3. The van der Waals surface area contributed by atoms with E-state index in [1.807, 2.05) is 0 Å². The fourth-order valence-corrected chi connectivity index (χ4v) is 3.05. The van der Waals surface area contributed by atoms with Crippen LogP contribution < -0.4 is 0 Å². The van der Waals surface area contributed by atoms with Crippen LogP contribution in [0.15, 0.2) is 6.20 Å². The van der Waals surface area contributed by atoms with Gasteiger partial charge in [-0.1, -0.05) is 5.21 Å². The molecule has 0 amide bonds. The molecule has 2 aliphatic rings. The molecule has 2 aliphatic heterocycles. The Bertz CT molecular complexity index is 476. The van der Waals surface area contributed by atoms with Gasteiger partial charge >= 0.3 is 5.97 Å². The van der Waals surface area contributed by atoms with E-state index in [-0.39, 0.29) is 18.1 Å². The fraction of sp³-hybridized carbons (Fsp3) is 0.769. The third-order valence-corrected chi connectivity index (χ3v) is 4.14. The van der Waals surface area contributed by atoms with Crippen LogP contribution in [0, 0.1) is 0 Å². The molecule has 0 saturated carbocycles. The number of rotatable bonds is 3. The first-order valence-electron chi connectivity index (χ1n) is 7.01. The van der Waals surface area contributed by atoms with Crippen LogP contribution >= 0.6 is 0 Å². The first-order valence-corrected chi connectivity index (χ1v) is 7.01. The summed E-state index contributed by atoms with van der Waals surface area (Å²) in [5.41, 5.74) is 0.408. The Morgan fingerprint density at radius 1 is 1.45 bits per heavy atom. The van der Waals surface area contributed by atoms with Crippen molar-refractivity contribution in [1.82, 2.24) is 15.0 Å². The predicted octanol–water partition coefficient (Wildman–Crippen LogP) is 0.806. The van der Waals surface area contributed by atoms with Crippen LogP contribution in [-0.2, 0) is 20.7 Å². The summed E-state index contributed by atoms with van der Waals surface area (Å²) in [6.45, 7) is 2.20. The van der Waals surface area contributed by atoms with Gasteiger partial charge in [0.25, 0.3) is 0 Å². The molecule has 1 aromatic heterocycles. The van der Waals surface area contributed by atoms with Crippen molar-refractivity contribution in [2.75, 3.05) is 19.8 Å². The summed E-state index contributed by atoms with van der Waals surface area (Å²) in [7, 11) is 0. The Morgan fingerprint density at radius 3 is 3.00 bits per heavy atom. The summed E-state index contributed by atoms with van der Waals surface area (Å²) in [4.78, 5) is 10.7. The number of nitrogens with zero attached hydrogens (tertiary/aromatic N) is 3. The predicted molar refractivity (Wildman–Crippen MR) is 68.4 cm³/mol. The highest BCUT2D eigenvalue weighted by molar-refractivity contribution is 5.69. The van der Waals surface area contributed by atoms with Gasteiger partial charge in [0.1, 0.15) is 0 Å². The number of carboxylic acid groups (broad SMARTS) is 1. The van der Waals surface area contributed by atoms with Gasteiger partial charge in [0.15, 0.2) is 0 Å². The third kappa shape index (κ3) is 2.83. The number of carbonyl (C=O) groups is 1. The molecule has 1 unspecified atom stereocenters. The molecule has 20 heavy (non-hydrogen) atoms. The minimum atomic E-state index is -0.884. The molecule has 1 spiro atoms. The zero-order chi connectivity index (χ0) is 14.0. The van der Waals surface area contributed by atoms with Crippen molar-refractivity contribution in [2.24, 2.45) is 0 Å². The maximum absolute atomic E-state index is 10.7. The quantitative estimate of drug-likeness (QED) is 0.882. The molecule has 3 heterocycles. The number of aliphatic carboxylic acids is 1. The average Bonchev–Trinajstić information content (AvgIpc) is 2.87. The van der Waals surface area contributed by atoms with E-state index in [0.717, 1.165) is 38.9 Å². The Morgan fingerprint density at radius 2 is 2.25 bits per heavy atom. The lowest BCUT2D eigenvalue weighted by Gasteiger charge is -2.43. The van der Waals surface area contributed by atoms with E-state index < -0.39 is 5.97 Å². The van der Waals surface area contributed by atoms with Gasteiger partial charge in [0, 0.05) is 26.0 Å². The molecule has 2 saturated heterocycles. The normalized spacial score (nSPS) is 25.7. The summed E-state index contributed by atoms with van der Waals surface area (Å²) >= 11 is 0. The molecule has 0 aliphatic carbocycles. The molecule has 1 aromatic rings. The number of ether oxygens (including phenoxy) is 2. The van der Waals surface area contributed by atoms with Gasteiger partial charge in [-0.05, 0) is 25.7 Å². The molecule has 0 bridgehead atoms. The fourth-order valence-electron chi connectivity index (χ4n) is 3.05. The number of carboxylic acids is 1. The van der Waals surface area contributed by atoms with E-state index in [0.29, 0.717) is 12.3 Å². The van der Waals surface area contributed by atoms with Crippen LogP contribution in [0.4, 0.5) is 0 Å². The number of hydrogen-bond donors (Lipinski definition) is 1. The van der Waals surface area contributed by atoms with Crippen LogP contribution in [0.25, 0.3) is 0 Å². The molecule has 7 heteroatoms. The van der Waals surface area contributed by atoms with E-state index in [1.165, 1.54) is 0 Å². The van der Waals surface area contributed by atoms with Crippen LogP contribution in [0.2, 0.25) is 0 Å². The highest BCUT2D eigenvalue weighted by atomic mass is 16.5. The zero-order valence-electron chi connectivity index (χ0n) is 11.3. The van der Waals surface area contributed by atoms with Crippen molar-refractivity contribution < 1.29 is 19.4 Å². The lowest BCUT2D eigenvalue weighted by atomic mass is 9.84. The van der Waals surface area contributed by atoms with Gasteiger partial charge in [0.05, 0.1) is 23.8 Å². The lowest BCUT2D eigenvalue weighted by Crippen LogP contribution is -2.44. The van der Waals surface area contributed by atoms with Gasteiger partial charge in [-0.25, -0.2) is 4.68 Å². The van der Waals surface area contributed by atoms with E-state index >= 15 is 0 Å². The molecule has 0 aromatic carbocycles. The minimum absolute atomic E-state index is 0.0811. The molecule has 7 nitrogen and oxygen atoms in total. The van der Waals surface area contributed by atoms with Crippen LogP contribution in [-0.4, -0.2) is 51.5 Å². The Hall–Kier alpha value is -1.47. The molecular formula is C13H19N3O4. The van der Waals surface area contributed by atoms with Crippen LogP contribution in [0.5, 0.6) is 0 Å². The van der Waals surface area contributed by atoms with Crippen molar-refractivity contribution in [3.8, 4) is 0 Å². The zero-order valence-corrected chi connectivity index (χ0v) is 11.3. The number of hydrogen-bond acceptors (Lipinski definition) is 5. The highest BCUT2D eigenvalue weighted by Crippen LogP contribution is 2.38. The van der Waals surface area contributed by atoms with Gasteiger partial charge < -0.3 is 14.6 Å². The second kappa shape index (κ2) is 5.49. The van der Waals surface area contributed by atoms with E-state index in [1.54, 1.807) is 10.9 Å². The topological polar surface area (TPSA) is 86.5 Å². The van der Waals surface area contributed by atoms with Gasteiger partial charge in [-0.3, -0.25) is 4.79 Å². The summed E-state index contributed by atoms with van der Waals surface area (Å²) in [5, 5.41) is 16.8. The molecule has 110 valence electrons. The summed E-state index contributed by atoms with van der Waals surface area (Å²) in [6, 6.07) is 0.233. The van der Waals surface area contributed by atoms with E-state index in [9.17, 15) is 4.79 Å². The SMILES string of the molecule is O=C(O)Cc1cn(C2CCOC3(CCOCC3)C2)nn1. The molecule has 1 atom stereocenters. The average molecular weight is 281 g/mol. The summed E-state index contributed by atoms with van der Waals surface area (Å²) in [6.07, 6.45) is 5.28. The molecule has 3 rings (SSSR count). The first-order chi connectivity index (χ1) is 9.67. The van der Waals surface area contributed by atoms with E-state index in [4.69, 9.17) is 14.6 Å². The van der Waals surface area contributed by atoms with Gasteiger partial charge in [-0.15, -0.1) is 5.10 Å². The van der Waals surface area contributed by atoms with Crippen molar-refractivity contribution in [3.63, 3.8) is 0 Å². The maximum Gasteiger partial charge on any atom is 0.309 e. The van der Waals surface area contributed by atoms with Crippen molar-refractivity contribution in [3.05, 3.63) is 11.9 Å². The van der Waals surface area contributed by atoms with Gasteiger partial charge in [0.2, 0.25) is 0 Å². The first kappa shape index (κ1) is 13.5. The smallest absolute Gasteiger partial charge is 0.309 e. The van der Waals surface area contributed by atoms with Crippen molar-refractivity contribution in [1.29, 1.82) is 0 Å². The monoisotopic (exact) mass is 281 g/mol. The third-order valence-electron chi connectivity index (χ3n) is 4.14. The minimum Gasteiger partial charge on any atom is -0.481 e. The summed E-state index contributed by atoms with van der Waals surface area (Å²) in [5.74, 6) is -0.884. The van der Waals surface area contributed by atoms with Gasteiger partial charge in [-0.2, -0.15) is 0 Å². The standard InChI is InChI=1S/C13H19N3O4/c17-12(18)7-10-9-16(15-14-10)11-1-4-20-13(8-11)2-5-19-6-3-13/h9,11H,1-8H2,(H,17,18). The van der Waals surface area contributed by atoms with Crippen molar-refractivity contribution in [2.45, 2.75) is 43.7 Å². The second-order valence-corrected chi connectivity index (χ2v) is 5.55. The van der Waals surface area contributed by atoms with E-state index in [2.05, 4.69) is 10.3 Å². The Balaban J connectivity index is 1.70. The Kier molecular flexibility index (Phi) is 3.71. The van der Waals surface area contributed by atoms with Crippen molar-refractivity contribution >= 4 is 5.97 Å². The second-order valence-electron chi connectivity index (χ2n) is 5.55. The highest BCUT2D eigenvalue weighted by Gasteiger charge is 2.39. The van der Waals surface area contributed by atoms with Crippen LogP contribution in [0.3, 0.4) is 0 Å². The molecule has 1 N–H and O–H groups in total.